The van der Waals surface area contributed by atoms with Crippen LogP contribution in [0.4, 0.5) is 5.69 Å². The van der Waals surface area contributed by atoms with Gasteiger partial charge in [-0.2, -0.15) is 0 Å². The molecule has 242 valence electrons. The van der Waals surface area contributed by atoms with Crippen molar-refractivity contribution in [1.29, 1.82) is 0 Å². The fraction of sp³-hybridized carbons (Fsp3) is 0.278. The maximum Gasteiger partial charge on any atom is 0.264 e. The molecule has 0 aliphatic heterocycles. The van der Waals surface area contributed by atoms with Crippen molar-refractivity contribution in [2.24, 2.45) is 0 Å². The standard InChI is InChI=1S/C36H41N3O6S/c1-5-23-37-36(41)33(24-28-14-7-6-8-15-28)38(25-29-16-10-9-13-27(29)2)35(40)26-39(32-17-11-12-18-34(32)45-4)46(42,43)31-21-19-30(44-3)20-22-31/h6-22,33H,5,23-26H2,1-4H3,(H,37,41)/t33-/m1/s1. The molecule has 1 N–H and O–H groups in total. The number of aryl methyl sites for hydroxylation is 1. The molecule has 9 nitrogen and oxygen atoms in total. The monoisotopic (exact) mass is 643 g/mol. The lowest BCUT2D eigenvalue weighted by atomic mass is 10.0. The lowest BCUT2D eigenvalue weighted by Crippen LogP contribution is -2.53. The van der Waals surface area contributed by atoms with Crippen LogP contribution in [0.3, 0.4) is 0 Å². The molecule has 0 fully saturated rings. The van der Waals surface area contributed by atoms with Crippen LogP contribution in [-0.2, 0) is 32.6 Å². The largest absolute Gasteiger partial charge is 0.497 e. The van der Waals surface area contributed by atoms with Crippen molar-refractivity contribution in [3.63, 3.8) is 0 Å². The van der Waals surface area contributed by atoms with Gasteiger partial charge in [0.2, 0.25) is 11.8 Å². The Bertz CT molecular complexity index is 1710. The van der Waals surface area contributed by atoms with Crippen LogP contribution in [-0.4, -0.2) is 58.5 Å². The predicted molar refractivity (Wildman–Crippen MR) is 179 cm³/mol. The van der Waals surface area contributed by atoms with Gasteiger partial charge >= 0.3 is 0 Å². The van der Waals surface area contributed by atoms with Crippen molar-refractivity contribution in [2.75, 3.05) is 31.6 Å². The Balaban J connectivity index is 1.83. The smallest absolute Gasteiger partial charge is 0.264 e. The molecule has 0 bridgehead atoms. The average molecular weight is 644 g/mol. The van der Waals surface area contributed by atoms with Crippen LogP contribution in [0.25, 0.3) is 0 Å². The number of hydrogen-bond acceptors (Lipinski definition) is 6. The molecule has 0 radical (unpaired) electrons. The van der Waals surface area contributed by atoms with Gasteiger partial charge in [-0.05, 0) is 66.4 Å². The van der Waals surface area contributed by atoms with E-state index in [4.69, 9.17) is 9.47 Å². The van der Waals surface area contributed by atoms with Crippen molar-refractivity contribution in [3.05, 3.63) is 120 Å². The summed E-state index contributed by atoms with van der Waals surface area (Å²) in [7, 11) is -1.35. The van der Waals surface area contributed by atoms with Crippen LogP contribution >= 0.6 is 0 Å². The van der Waals surface area contributed by atoms with E-state index in [9.17, 15) is 18.0 Å². The number of hydrogen-bond donors (Lipinski definition) is 1. The SMILES string of the molecule is CCCNC(=O)[C@@H](Cc1ccccc1)N(Cc1ccccc1C)C(=O)CN(c1ccccc1OC)S(=O)(=O)c1ccc(OC)cc1. The van der Waals surface area contributed by atoms with Gasteiger partial charge < -0.3 is 19.7 Å². The molecule has 0 heterocycles. The molecule has 46 heavy (non-hydrogen) atoms. The number of carbonyl (C=O) groups is 2. The normalized spacial score (nSPS) is 11.7. The maximum atomic E-state index is 14.6. The molecule has 4 aromatic rings. The molecular weight excluding hydrogens is 602 g/mol. The van der Waals surface area contributed by atoms with Crippen LogP contribution in [0.5, 0.6) is 11.5 Å². The summed E-state index contributed by atoms with van der Waals surface area (Å²) in [5, 5.41) is 2.96. The van der Waals surface area contributed by atoms with E-state index in [0.717, 1.165) is 27.4 Å². The molecule has 0 spiro atoms. The Labute approximate surface area is 271 Å². The zero-order valence-electron chi connectivity index (χ0n) is 26.7. The second-order valence-electron chi connectivity index (χ2n) is 10.8. The van der Waals surface area contributed by atoms with E-state index in [-0.39, 0.29) is 35.2 Å². The second-order valence-corrected chi connectivity index (χ2v) is 12.7. The lowest BCUT2D eigenvalue weighted by molar-refractivity contribution is -0.140. The molecule has 0 aromatic heterocycles. The molecule has 0 unspecified atom stereocenters. The van der Waals surface area contributed by atoms with Gasteiger partial charge in [0.25, 0.3) is 10.0 Å². The molecule has 0 saturated carbocycles. The van der Waals surface area contributed by atoms with Crippen LogP contribution in [0.1, 0.15) is 30.0 Å². The van der Waals surface area contributed by atoms with E-state index < -0.39 is 28.5 Å². The highest BCUT2D eigenvalue weighted by Gasteiger charge is 2.35. The first-order valence-electron chi connectivity index (χ1n) is 15.1. The average Bonchev–Trinajstić information content (AvgIpc) is 3.08. The molecule has 4 rings (SSSR count). The number of carbonyl (C=O) groups excluding carboxylic acids is 2. The van der Waals surface area contributed by atoms with Gasteiger partial charge in [0.05, 0.1) is 24.8 Å². The molecule has 2 amide bonds. The molecule has 0 aliphatic carbocycles. The molecule has 0 saturated heterocycles. The van der Waals surface area contributed by atoms with Crippen LogP contribution in [0.2, 0.25) is 0 Å². The van der Waals surface area contributed by atoms with E-state index >= 15 is 0 Å². The Morgan fingerprint density at radius 1 is 0.826 bits per heavy atom. The number of nitrogens with zero attached hydrogens (tertiary/aromatic N) is 2. The number of nitrogens with one attached hydrogen (secondary N) is 1. The van der Waals surface area contributed by atoms with E-state index in [1.807, 2.05) is 68.4 Å². The summed E-state index contributed by atoms with van der Waals surface area (Å²) in [6.07, 6.45) is 0.963. The lowest BCUT2D eigenvalue weighted by Gasteiger charge is -2.34. The maximum absolute atomic E-state index is 14.6. The number of para-hydroxylation sites is 2. The zero-order valence-corrected chi connectivity index (χ0v) is 27.5. The third-order valence-electron chi connectivity index (χ3n) is 7.70. The van der Waals surface area contributed by atoms with E-state index in [0.29, 0.717) is 12.3 Å². The molecular formula is C36H41N3O6S. The minimum absolute atomic E-state index is 0.0287. The number of anilines is 1. The third kappa shape index (κ3) is 8.25. The summed E-state index contributed by atoms with van der Waals surface area (Å²) in [6, 6.07) is 28.8. The topological polar surface area (TPSA) is 105 Å². The number of ether oxygens (including phenoxy) is 2. The van der Waals surface area contributed by atoms with Crippen LogP contribution in [0.15, 0.2) is 108 Å². The van der Waals surface area contributed by atoms with E-state index in [1.54, 1.807) is 36.4 Å². The number of amides is 2. The molecule has 0 aliphatic rings. The Morgan fingerprint density at radius 3 is 2.13 bits per heavy atom. The summed E-state index contributed by atoms with van der Waals surface area (Å²) in [5.41, 5.74) is 2.86. The molecule has 1 atom stereocenters. The van der Waals surface area contributed by atoms with E-state index in [1.165, 1.54) is 31.3 Å². The first kappa shape index (κ1) is 34.1. The summed E-state index contributed by atoms with van der Waals surface area (Å²) in [6.45, 7) is 3.86. The third-order valence-corrected chi connectivity index (χ3v) is 9.48. The predicted octanol–water partition coefficient (Wildman–Crippen LogP) is 5.37. The minimum Gasteiger partial charge on any atom is -0.497 e. The van der Waals surface area contributed by atoms with E-state index in [2.05, 4.69) is 5.32 Å². The number of benzene rings is 4. The van der Waals surface area contributed by atoms with Crippen LogP contribution < -0.4 is 19.1 Å². The first-order chi connectivity index (χ1) is 22.2. The number of methoxy groups -OCH3 is 2. The van der Waals surface area contributed by atoms with Crippen molar-refractivity contribution in [3.8, 4) is 11.5 Å². The Morgan fingerprint density at radius 2 is 1.48 bits per heavy atom. The fourth-order valence-corrected chi connectivity index (χ4v) is 6.54. The van der Waals surface area contributed by atoms with Gasteiger partial charge in [-0.25, -0.2) is 8.42 Å². The second kappa shape index (κ2) is 15.9. The van der Waals surface area contributed by atoms with Gasteiger partial charge in [0.15, 0.2) is 0 Å². The minimum atomic E-state index is -4.29. The fourth-order valence-electron chi connectivity index (χ4n) is 5.12. The quantitative estimate of drug-likeness (QED) is 0.187. The van der Waals surface area contributed by atoms with Crippen molar-refractivity contribution < 1.29 is 27.5 Å². The van der Waals surface area contributed by atoms with Crippen molar-refractivity contribution in [2.45, 2.75) is 44.2 Å². The highest BCUT2D eigenvalue weighted by molar-refractivity contribution is 7.92. The summed E-state index contributed by atoms with van der Waals surface area (Å²) in [5.74, 6) is -0.0854. The Kier molecular flexibility index (Phi) is 11.8. The Hall–Kier alpha value is -4.83. The molecule has 10 heteroatoms. The van der Waals surface area contributed by atoms with Gasteiger partial charge in [-0.3, -0.25) is 13.9 Å². The summed E-state index contributed by atoms with van der Waals surface area (Å²) >= 11 is 0. The summed E-state index contributed by atoms with van der Waals surface area (Å²) < 4.78 is 40.4. The van der Waals surface area contributed by atoms with Gasteiger partial charge in [0.1, 0.15) is 24.1 Å². The zero-order chi connectivity index (χ0) is 33.1. The van der Waals surface area contributed by atoms with Gasteiger partial charge in [-0.1, -0.05) is 73.7 Å². The highest BCUT2D eigenvalue weighted by Crippen LogP contribution is 2.33. The van der Waals surface area contributed by atoms with Gasteiger partial charge in [0, 0.05) is 19.5 Å². The van der Waals surface area contributed by atoms with Crippen molar-refractivity contribution >= 4 is 27.5 Å². The number of sulfonamides is 1. The molecule has 4 aromatic carbocycles. The van der Waals surface area contributed by atoms with Gasteiger partial charge in [-0.15, -0.1) is 0 Å². The van der Waals surface area contributed by atoms with Crippen LogP contribution in [0, 0.1) is 6.92 Å². The number of rotatable bonds is 15. The summed E-state index contributed by atoms with van der Waals surface area (Å²) in [4.78, 5) is 29.9. The highest BCUT2D eigenvalue weighted by atomic mass is 32.2. The van der Waals surface area contributed by atoms with Crippen molar-refractivity contribution in [1.82, 2.24) is 10.2 Å². The first-order valence-corrected chi connectivity index (χ1v) is 16.6.